The van der Waals surface area contributed by atoms with Crippen LogP contribution in [0.15, 0.2) is 24.3 Å². The molecule has 0 saturated heterocycles. The first kappa shape index (κ1) is 14.9. The molecule has 0 amide bonds. The summed E-state index contributed by atoms with van der Waals surface area (Å²) in [5.74, 6) is 0.859. The molecule has 20 heavy (non-hydrogen) atoms. The number of rotatable bonds is 7. The smallest absolute Gasteiger partial charge is 0.124 e. The number of ether oxygens (including phenoxy) is 1. The monoisotopic (exact) mass is 291 g/mol. The highest BCUT2D eigenvalue weighted by Gasteiger charge is 2.20. The van der Waals surface area contributed by atoms with Crippen molar-refractivity contribution in [3.63, 3.8) is 0 Å². The van der Waals surface area contributed by atoms with Crippen molar-refractivity contribution in [2.45, 2.75) is 39.2 Å². The molecule has 2 aromatic rings. The predicted molar refractivity (Wildman–Crippen MR) is 82.2 cm³/mol. The average Bonchev–Trinajstić information content (AvgIpc) is 2.93. The molecule has 2 N–H and O–H groups in total. The molecule has 5 heteroatoms. The molecule has 1 aromatic carbocycles. The first-order valence-corrected chi connectivity index (χ1v) is 7.83. The maximum Gasteiger partial charge on any atom is 0.124 e. The SMILES string of the molecule is CCCOc1ccccc1C(N)c1snnc1CCC. The van der Waals surface area contributed by atoms with Gasteiger partial charge in [0.05, 0.1) is 23.2 Å². The molecule has 0 fully saturated rings. The lowest BCUT2D eigenvalue weighted by molar-refractivity contribution is 0.313. The van der Waals surface area contributed by atoms with Gasteiger partial charge in [0.1, 0.15) is 5.75 Å². The lowest BCUT2D eigenvalue weighted by Gasteiger charge is -2.16. The predicted octanol–water partition coefficient (Wildman–Crippen LogP) is 3.33. The highest BCUT2D eigenvalue weighted by molar-refractivity contribution is 7.05. The number of hydrogen-bond donors (Lipinski definition) is 1. The van der Waals surface area contributed by atoms with E-state index < -0.39 is 0 Å². The van der Waals surface area contributed by atoms with Gasteiger partial charge in [-0.1, -0.05) is 43.0 Å². The summed E-state index contributed by atoms with van der Waals surface area (Å²) in [6.45, 7) is 4.93. The van der Waals surface area contributed by atoms with Crippen LogP contribution in [0.4, 0.5) is 0 Å². The number of benzene rings is 1. The first-order valence-electron chi connectivity index (χ1n) is 7.06. The van der Waals surface area contributed by atoms with Gasteiger partial charge in [0.15, 0.2) is 0 Å². The standard InChI is InChI=1S/C15H21N3OS/c1-3-7-12-15(20-18-17-12)14(16)11-8-5-6-9-13(11)19-10-4-2/h5-6,8-9,14H,3-4,7,10,16H2,1-2H3. The van der Waals surface area contributed by atoms with Gasteiger partial charge in [-0.2, -0.15) is 0 Å². The van der Waals surface area contributed by atoms with E-state index in [1.165, 1.54) is 11.5 Å². The molecule has 2 rings (SSSR count). The van der Waals surface area contributed by atoms with Crippen LogP contribution in [-0.4, -0.2) is 16.2 Å². The van der Waals surface area contributed by atoms with Crippen molar-refractivity contribution in [2.24, 2.45) is 5.73 Å². The number of nitrogens with two attached hydrogens (primary N) is 1. The summed E-state index contributed by atoms with van der Waals surface area (Å²) in [6.07, 6.45) is 2.93. The molecule has 0 aliphatic heterocycles. The molecule has 1 heterocycles. The van der Waals surface area contributed by atoms with E-state index >= 15 is 0 Å². The molecule has 0 aliphatic rings. The van der Waals surface area contributed by atoms with Crippen molar-refractivity contribution in [3.8, 4) is 5.75 Å². The summed E-state index contributed by atoms with van der Waals surface area (Å²) in [5.41, 5.74) is 8.43. The van der Waals surface area contributed by atoms with Gasteiger partial charge in [-0.05, 0) is 30.4 Å². The molecule has 1 unspecified atom stereocenters. The molecule has 108 valence electrons. The zero-order chi connectivity index (χ0) is 14.4. The van der Waals surface area contributed by atoms with E-state index in [0.717, 1.165) is 41.1 Å². The Morgan fingerprint density at radius 3 is 2.80 bits per heavy atom. The molecule has 1 aromatic heterocycles. The second-order valence-corrected chi connectivity index (χ2v) is 5.48. The Labute approximate surface area is 124 Å². The van der Waals surface area contributed by atoms with Gasteiger partial charge in [0, 0.05) is 5.56 Å². The van der Waals surface area contributed by atoms with Crippen LogP contribution in [0.3, 0.4) is 0 Å². The second kappa shape index (κ2) is 7.36. The van der Waals surface area contributed by atoms with Crippen LogP contribution in [0.25, 0.3) is 0 Å². The van der Waals surface area contributed by atoms with Crippen molar-refractivity contribution < 1.29 is 4.74 Å². The fourth-order valence-electron chi connectivity index (χ4n) is 2.08. The van der Waals surface area contributed by atoms with Gasteiger partial charge in [0.25, 0.3) is 0 Å². The van der Waals surface area contributed by atoms with Gasteiger partial charge in [-0.3, -0.25) is 0 Å². The Morgan fingerprint density at radius 2 is 2.05 bits per heavy atom. The third-order valence-electron chi connectivity index (χ3n) is 3.07. The molecule has 0 spiro atoms. The third-order valence-corrected chi connectivity index (χ3v) is 3.92. The van der Waals surface area contributed by atoms with E-state index in [-0.39, 0.29) is 6.04 Å². The minimum absolute atomic E-state index is 0.218. The van der Waals surface area contributed by atoms with E-state index in [4.69, 9.17) is 10.5 Å². The second-order valence-electron chi connectivity index (χ2n) is 4.70. The van der Waals surface area contributed by atoms with E-state index in [2.05, 4.69) is 23.4 Å². The highest BCUT2D eigenvalue weighted by Crippen LogP contribution is 2.31. The summed E-state index contributed by atoms with van der Waals surface area (Å²) < 4.78 is 9.84. The summed E-state index contributed by atoms with van der Waals surface area (Å²) in [6, 6.07) is 7.73. The lowest BCUT2D eigenvalue weighted by atomic mass is 10.0. The van der Waals surface area contributed by atoms with Gasteiger partial charge in [-0.15, -0.1) is 5.10 Å². The highest BCUT2D eigenvalue weighted by atomic mass is 32.1. The normalized spacial score (nSPS) is 12.3. The zero-order valence-corrected chi connectivity index (χ0v) is 12.8. The van der Waals surface area contributed by atoms with Gasteiger partial charge >= 0.3 is 0 Å². The summed E-state index contributed by atoms with van der Waals surface area (Å²) in [7, 11) is 0. The van der Waals surface area contributed by atoms with Crippen molar-refractivity contribution in [2.75, 3.05) is 6.61 Å². The van der Waals surface area contributed by atoms with Crippen LogP contribution in [0.2, 0.25) is 0 Å². The fourth-order valence-corrected chi connectivity index (χ4v) is 2.80. The molecule has 0 bridgehead atoms. The molecule has 4 nitrogen and oxygen atoms in total. The van der Waals surface area contributed by atoms with Crippen molar-refractivity contribution in [3.05, 3.63) is 40.4 Å². The maximum absolute atomic E-state index is 6.41. The van der Waals surface area contributed by atoms with Gasteiger partial charge < -0.3 is 10.5 Å². The van der Waals surface area contributed by atoms with Crippen LogP contribution in [0.1, 0.15) is 48.9 Å². The Morgan fingerprint density at radius 1 is 1.25 bits per heavy atom. The summed E-state index contributed by atoms with van der Waals surface area (Å²) >= 11 is 1.38. The summed E-state index contributed by atoms with van der Waals surface area (Å²) in [5, 5.41) is 4.19. The minimum atomic E-state index is -0.218. The van der Waals surface area contributed by atoms with Crippen LogP contribution in [0, 0.1) is 0 Å². The Bertz CT molecular complexity index is 541. The maximum atomic E-state index is 6.41. The molecule has 1 atom stereocenters. The largest absolute Gasteiger partial charge is 0.493 e. The number of para-hydroxylation sites is 1. The van der Waals surface area contributed by atoms with E-state index in [1.807, 2.05) is 24.3 Å². The number of aryl methyl sites for hydroxylation is 1. The van der Waals surface area contributed by atoms with Crippen LogP contribution < -0.4 is 10.5 Å². The number of aromatic nitrogens is 2. The quantitative estimate of drug-likeness (QED) is 0.850. The molecule has 0 radical (unpaired) electrons. The van der Waals surface area contributed by atoms with Crippen molar-refractivity contribution >= 4 is 11.5 Å². The van der Waals surface area contributed by atoms with Gasteiger partial charge in [0.2, 0.25) is 0 Å². The molecular weight excluding hydrogens is 270 g/mol. The Balaban J connectivity index is 2.28. The molecular formula is C15H21N3OS. The zero-order valence-electron chi connectivity index (χ0n) is 12.0. The van der Waals surface area contributed by atoms with E-state index in [0.29, 0.717) is 6.61 Å². The van der Waals surface area contributed by atoms with E-state index in [9.17, 15) is 0 Å². The number of hydrogen-bond acceptors (Lipinski definition) is 5. The van der Waals surface area contributed by atoms with Gasteiger partial charge in [-0.25, -0.2) is 0 Å². The average molecular weight is 291 g/mol. The lowest BCUT2D eigenvalue weighted by Crippen LogP contribution is -2.14. The summed E-state index contributed by atoms with van der Waals surface area (Å²) in [4.78, 5) is 1.04. The van der Waals surface area contributed by atoms with Crippen molar-refractivity contribution in [1.82, 2.24) is 9.59 Å². The number of nitrogens with zero attached hydrogens (tertiary/aromatic N) is 2. The fraction of sp³-hybridized carbons (Fsp3) is 0.467. The van der Waals surface area contributed by atoms with Crippen molar-refractivity contribution in [1.29, 1.82) is 0 Å². The third kappa shape index (κ3) is 3.35. The molecule has 0 aliphatic carbocycles. The van der Waals surface area contributed by atoms with Crippen LogP contribution >= 0.6 is 11.5 Å². The Hall–Kier alpha value is -1.46. The minimum Gasteiger partial charge on any atom is -0.493 e. The van der Waals surface area contributed by atoms with Crippen LogP contribution in [0.5, 0.6) is 5.75 Å². The molecule has 0 saturated carbocycles. The van der Waals surface area contributed by atoms with Crippen LogP contribution in [-0.2, 0) is 6.42 Å². The topological polar surface area (TPSA) is 61.0 Å². The first-order chi connectivity index (χ1) is 9.77. The Kier molecular flexibility index (Phi) is 5.49. The van der Waals surface area contributed by atoms with E-state index in [1.54, 1.807) is 0 Å².